The van der Waals surface area contributed by atoms with Gasteiger partial charge in [0.25, 0.3) is 0 Å². The van der Waals surface area contributed by atoms with E-state index in [-0.39, 0.29) is 5.88 Å². The number of hydrogen-bond donors (Lipinski definition) is 0. The Bertz CT molecular complexity index is 730. The number of alkyl halides is 3. The van der Waals surface area contributed by atoms with Crippen LogP contribution < -0.4 is 9.47 Å². The smallest absolute Gasteiger partial charge is 0.417 e. The molecule has 0 N–H and O–H groups in total. The summed E-state index contributed by atoms with van der Waals surface area (Å²) in [6.45, 7) is 3.94. The molecule has 0 saturated heterocycles. The van der Waals surface area contributed by atoms with Crippen molar-refractivity contribution in [2.24, 2.45) is 0 Å². The van der Waals surface area contributed by atoms with Crippen LogP contribution in [0.2, 0.25) is 0 Å². The molecule has 1 heterocycles. The van der Waals surface area contributed by atoms with Gasteiger partial charge in [0, 0.05) is 12.3 Å². The molecule has 0 unspecified atom stereocenters. The van der Waals surface area contributed by atoms with Gasteiger partial charge in [0.05, 0.1) is 12.2 Å². The van der Waals surface area contributed by atoms with Gasteiger partial charge in [-0.25, -0.2) is 9.78 Å². The highest BCUT2D eigenvalue weighted by Gasteiger charge is 2.30. The summed E-state index contributed by atoms with van der Waals surface area (Å²) in [6.07, 6.45) is -2.78. The molecule has 0 spiro atoms. The van der Waals surface area contributed by atoms with Crippen LogP contribution in [0.25, 0.3) is 0 Å². The number of benzene rings is 1. The molecule has 27 heavy (non-hydrogen) atoms. The molecule has 1 atom stereocenters. The van der Waals surface area contributed by atoms with Crippen LogP contribution in [0, 0.1) is 0 Å². The zero-order valence-corrected chi connectivity index (χ0v) is 15.0. The summed E-state index contributed by atoms with van der Waals surface area (Å²) >= 11 is 0. The van der Waals surface area contributed by atoms with Gasteiger partial charge in [-0.15, -0.1) is 0 Å². The largest absolute Gasteiger partial charge is 0.479 e. The molecule has 8 heteroatoms. The number of unbranched alkanes of at least 4 members (excludes halogenated alkanes) is 1. The lowest BCUT2D eigenvalue weighted by atomic mass is 10.3. The molecule has 1 aromatic carbocycles. The Hall–Kier alpha value is -2.77. The number of rotatable bonds is 8. The van der Waals surface area contributed by atoms with Crippen molar-refractivity contribution in [1.29, 1.82) is 0 Å². The molecule has 1 aromatic heterocycles. The highest BCUT2D eigenvalue weighted by Crippen LogP contribution is 2.30. The summed E-state index contributed by atoms with van der Waals surface area (Å²) < 4.78 is 53.5. The number of esters is 1. The van der Waals surface area contributed by atoms with Crippen molar-refractivity contribution in [2.75, 3.05) is 6.61 Å². The predicted octanol–water partition coefficient (Wildman–Crippen LogP) is 5.00. The van der Waals surface area contributed by atoms with Gasteiger partial charge in [0.2, 0.25) is 5.88 Å². The number of aromatic nitrogens is 1. The van der Waals surface area contributed by atoms with E-state index in [1.165, 1.54) is 0 Å². The third-order valence-electron chi connectivity index (χ3n) is 3.50. The molecule has 0 radical (unpaired) electrons. The number of pyridine rings is 1. The first-order valence-electron chi connectivity index (χ1n) is 8.44. The lowest BCUT2D eigenvalue weighted by Gasteiger charge is -2.14. The minimum Gasteiger partial charge on any atom is -0.479 e. The minimum atomic E-state index is -4.45. The fourth-order valence-corrected chi connectivity index (χ4v) is 2.00. The summed E-state index contributed by atoms with van der Waals surface area (Å²) in [6, 6.07) is 8.31. The van der Waals surface area contributed by atoms with Crippen LogP contribution in [-0.2, 0) is 15.7 Å². The van der Waals surface area contributed by atoms with E-state index in [2.05, 4.69) is 4.98 Å². The van der Waals surface area contributed by atoms with Crippen molar-refractivity contribution in [3.8, 4) is 17.4 Å². The van der Waals surface area contributed by atoms with Crippen molar-refractivity contribution < 1.29 is 32.2 Å². The van der Waals surface area contributed by atoms with E-state index < -0.39 is 23.8 Å². The maximum absolute atomic E-state index is 12.5. The molecule has 0 amide bonds. The third kappa shape index (κ3) is 6.47. The Morgan fingerprint density at radius 3 is 2.33 bits per heavy atom. The van der Waals surface area contributed by atoms with Gasteiger partial charge in [-0.3, -0.25) is 0 Å². The molecule has 2 rings (SSSR count). The van der Waals surface area contributed by atoms with Gasteiger partial charge >= 0.3 is 12.1 Å². The van der Waals surface area contributed by atoms with Gasteiger partial charge in [0.15, 0.2) is 6.10 Å². The summed E-state index contributed by atoms with van der Waals surface area (Å²) in [5.41, 5.74) is -0.849. The fraction of sp³-hybridized carbons (Fsp3) is 0.368. The predicted molar refractivity (Wildman–Crippen MR) is 91.7 cm³/mol. The number of hydrogen-bond acceptors (Lipinski definition) is 5. The second-order valence-electron chi connectivity index (χ2n) is 5.74. The van der Waals surface area contributed by atoms with Crippen molar-refractivity contribution >= 4 is 5.97 Å². The second kappa shape index (κ2) is 9.25. The Balaban J connectivity index is 1.90. The second-order valence-corrected chi connectivity index (χ2v) is 5.74. The van der Waals surface area contributed by atoms with Crippen LogP contribution in [0.1, 0.15) is 32.3 Å². The zero-order chi connectivity index (χ0) is 19.9. The molecule has 0 saturated carbocycles. The van der Waals surface area contributed by atoms with E-state index in [1.807, 2.05) is 6.92 Å². The zero-order valence-electron chi connectivity index (χ0n) is 15.0. The van der Waals surface area contributed by atoms with Crippen LogP contribution >= 0.6 is 0 Å². The van der Waals surface area contributed by atoms with Crippen molar-refractivity contribution in [3.05, 3.63) is 48.2 Å². The molecule has 0 aliphatic rings. The molecule has 5 nitrogen and oxygen atoms in total. The van der Waals surface area contributed by atoms with E-state index in [0.717, 1.165) is 25.0 Å². The lowest BCUT2D eigenvalue weighted by molar-refractivity contribution is -0.151. The van der Waals surface area contributed by atoms with Gasteiger partial charge in [-0.05, 0) is 43.7 Å². The average Bonchev–Trinajstić information content (AvgIpc) is 2.63. The Labute approximate surface area is 155 Å². The first-order chi connectivity index (χ1) is 12.8. The van der Waals surface area contributed by atoms with Gasteiger partial charge in [-0.2, -0.15) is 13.2 Å². The summed E-state index contributed by atoms with van der Waals surface area (Å²) in [5, 5.41) is 0. The van der Waals surface area contributed by atoms with E-state index >= 15 is 0 Å². The number of carbonyl (C=O) groups is 1. The number of carbonyl (C=O) groups excluding carboxylic acids is 1. The first kappa shape index (κ1) is 20.5. The quantitative estimate of drug-likeness (QED) is 0.474. The molecule has 146 valence electrons. The van der Waals surface area contributed by atoms with Crippen molar-refractivity contribution in [1.82, 2.24) is 4.98 Å². The van der Waals surface area contributed by atoms with Crippen LogP contribution in [0.3, 0.4) is 0 Å². The normalized spacial score (nSPS) is 12.3. The van der Waals surface area contributed by atoms with Crippen molar-refractivity contribution in [2.45, 2.75) is 39.0 Å². The molecule has 0 aliphatic carbocycles. The van der Waals surface area contributed by atoms with Gasteiger partial charge in [0.1, 0.15) is 11.5 Å². The minimum absolute atomic E-state index is 0.0320. The summed E-state index contributed by atoms with van der Waals surface area (Å²) in [4.78, 5) is 15.4. The van der Waals surface area contributed by atoms with Crippen LogP contribution in [0.5, 0.6) is 17.4 Å². The van der Waals surface area contributed by atoms with Crippen molar-refractivity contribution in [3.63, 3.8) is 0 Å². The Morgan fingerprint density at radius 1 is 1.11 bits per heavy atom. The van der Waals surface area contributed by atoms with E-state index in [4.69, 9.17) is 14.2 Å². The third-order valence-corrected chi connectivity index (χ3v) is 3.50. The van der Waals surface area contributed by atoms with Crippen LogP contribution in [0.4, 0.5) is 13.2 Å². The number of nitrogens with zero attached hydrogens (tertiary/aromatic N) is 1. The monoisotopic (exact) mass is 383 g/mol. The maximum Gasteiger partial charge on any atom is 0.417 e. The summed E-state index contributed by atoms with van der Waals surface area (Å²) in [7, 11) is 0. The topological polar surface area (TPSA) is 57.7 Å². The SMILES string of the molecule is CCCCOC(=O)[C@H](C)Oc1ccc(Oc2ccc(C(F)(F)F)cn2)cc1. The molecule has 0 aliphatic heterocycles. The summed E-state index contributed by atoms with van der Waals surface area (Å²) in [5.74, 6) is 0.387. The molecule has 2 aromatic rings. The van der Waals surface area contributed by atoms with Gasteiger partial charge in [-0.1, -0.05) is 13.3 Å². The van der Waals surface area contributed by atoms with Crippen LogP contribution in [-0.4, -0.2) is 23.7 Å². The van der Waals surface area contributed by atoms with E-state index in [9.17, 15) is 18.0 Å². The highest BCUT2D eigenvalue weighted by atomic mass is 19.4. The first-order valence-corrected chi connectivity index (χ1v) is 8.44. The van der Waals surface area contributed by atoms with Crippen LogP contribution in [0.15, 0.2) is 42.6 Å². The van der Waals surface area contributed by atoms with Gasteiger partial charge < -0.3 is 14.2 Å². The molecular formula is C19H20F3NO4. The lowest BCUT2D eigenvalue weighted by Crippen LogP contribution is -2.26. The molecule has 0 bridgehead atoms. The Morgan fingerprint density at radius 2 is 1.78 bits per heavy atom. The standard InChI is InChI=1S/C19H20F3NO4/c1-3-4-11-25-18(24)13(2)26-15-6-8-16(9-7-15)27-17-10-5-14(12-23-17)19(20,21)22/h5-10,12-13H,3-4,11H2,1-2H3/t13-/m0/s1. The number of ether oxygens (including phenoxy) is 3. The Kier molecular flexibility index (Phi) is 7.04. The highest BCUT2D eigenvalue weighted by molar-refractivity contribution is 5.74. The number of halogens is 3. The average molecular weight is 383 g/mol. The molecular weight excluding hydrogens is 363 g/mol. The maximum atomic E-state index is 12.5. The van der Waals surface area contributed by atoms with E-state index in [1.54, 1.807) is 31.2 Å². The molecule has 0 fully saturated rings. The van der Waals surface area contributed by atoms with E-state index in [0.29, 0.717) is 24.3 Å². The fourth-order valence-electron chi connectivity index (χ4n) is 2.00.